The molecule has 0 heterocycles. The second kappa shape index (κ2) is 15.2. The van der Waals surface area contributed by atoms with E-state index in [1.54, 1.807) is 14.2 Å². The SMILES string of the molecule is COc1ccc(C(OC[C@@H](NC(=O)OCc2ccccc2)C(O)C(=O)[C@H](C)N)(c2ccccc2)c2ccc(OC)cc2)cc1. The van der Waals surface area contributed by atoms with Gasteiger partial charge in [-0.1, -0.05) is 84.9 Å². The van der Waals surface area contributed by atoms with E-state index in [4.69, 9.17) is 24.7 Å². The number of alkyl carbamates (subject to hydrolysis) is 1. The van der Waals surface area contributed by atoms with Gasteiger partial charge in [0.2, 0.25) is 0 Å². The number of aliphatic hydroxyl groups excluding tert-OH is 1. The highest BCUT2D eigenvalue weighted by Gasteiger charge is 2.40. The third kappa shape index (κ3) is 7.62. The standard InChI is InChI=1S/C35H38N2O7/c1-24(36)32(38)33(39)31(37-34(40)43-22-25-10-6-4-7-11-25)23-44-35(26-12-8-5-9-13-26,27-14-18-29(41-2)19-15-27)28-16-20-30(42-3)21-17-28/h4-21,24,31,33,39H,22-23,36H2,1-3H3,(H,37,40)/t24-,31+,33?/m0/s1. The second-order valence-corrected chi connectivity index (χ2v) is 10.3. The predicted octanol–water partition coefficient (Wildman–Crippen LogP) is 4.58. The Labute approximate surface area is 257 Å². The minimum Gasteiger partial charge on any atom is -0.497 e. The third-order valence-corrected chi connectivity index (χ3v) is 7.29. The van der Waals surface area contributed by atoms with Crippen LogP contribution in [-0.4, -0.2) is 56.0 Å². The van der Waals surface area contributed by atoms with Crippen LogP contribution in [0.2, 0.25) is 0 Å². The molecule has 4 aromatic rings. The Kier molecular flexibility index (Phi) is 11.1. The number of hydrogen-bond donors (Lipinski definition) is 3. The molecule has 0 aliphatic heterocycles. The molecule has 9 nitrogen and oxygen atoms in total. The summed E-state index contributed by atoms with van der Waals surface area (Å²) in [6, 6.07) is 31.4. The summed E-state index contributed by atoms with van der Waals surface area (Å²) in [7, 11) is 3.17. The number of rotatable bonds is 14. The van der Waals surface area contributed by atoms with Crippen LogP contribution in [0.3, 0.4) is 0 Å². The van der Waals surface area contributed by atoms with E-state index in [-0.39, 0.29) is 13.2 Å². The summed E-state index contributed by atoms with van der Waals surface area (Å²) in [6.45, 7) is 1.19. The first-order chi connectivity index (χ1) is 21.3. The lowest BCUT2D eigenvalue weighted by molar-refractivity contribution is -0.131. The number of methoxy groups -OCH3 is 2. The van der Waals surface area contributed by atoms with E-state index in [0.29, 0.717) is 11.5 Å². The minimum atomic E-state index is -1.67. The van der Waals surface area contributed by atoms with E-state index in [1.165, 1.54) is 6.92 Å². The van der Waals surface area contributed by atoms with Gasteiger partial charge in [0.25, 0.3) is 0 Å². The second-order valence-electron chi connectivity index (χ2n) is 10.3. The molecule has 0 saturated heterocycles. The van der Waals surface area contributed by atoms with Crippen molar-refractivity contribution >= 4 is 11.9 Å². The summed E-state index contributed by atoms with van der Waals surface area (Å²) in [5.41, 5.74) is 7.63. The zero-order valence-electron chi connectivity index (χ0n) is 25.0. The normalized spacial score (nSPS) is 13.3. The fraction of sp³-hybridized carbons (Fsp3) is 0.257. The fourth-order valence-electron chi connectivity index (χ4n) is 4.88. The van der Waals surface area contributed by atoms with Gasteiger partial charge >= 0.3 is 6.09 Å². The molecule has 1 unspecified atom stereocenters. The molecule has 0 aromatic heterocycles. The minimum absolute atomic E-state index is 0.00321. The number of nitrogens with two attached hydrogens (primary N) is 1. The van der Waals surface area contributed by atoms with Crippen molar-refractivity contribution in [3.8, 4) is 11.5 Å². The van der Waals surface area contributed by atoms with E-state index in [9.17, 15) is 14.7 Å². The van der Waals surface area contributed by atoms with Gasteiger partial charge in [-0.15, -0.1) is 0 Å². The highest BCUT2D eigenvalue weighted by atomic mass is 16.6. The third-order valence-electron chi connectivity index (χ3n) is 7.29. The van der Waals surface area contributed by atoms with Crippen molar-refractivity contribution in [3.63, 3.8) is 0 Å². The van der Waals surface area contributed by atoms with Crippen molar-refractivity contribution in [1.82, 2.24) is 5.32 Å². The molecule has 1 amide bonds. The lowest BCUT2D eigenvalue weighted by atomic mass is 9.80. The Balaban J connectivity index is 1.74. The van der Waals surface area contributed by atoms with Gasteiger partial charge in [-0.25, -0.2) is 4.79 Å². The molecule has 0 fully saturated rings. The molecular weight excluding hydrogens is 560 g/mol. The number of benzene rings is 4. The molecule has 4 aromatic carbocycles. The maximum atomic E-state index is 12.9. The molecule has 4 rings (SSSR count). The summed E-state index contributed by atoms with van der Waals surface area (Å²) in [5.74, 6) is 0.661. The Hall–Kier alpha value is -4.70. The molecule has 0 aliphatic carbocycles. The van der Waals surface area contributed by atoms with Crippen LogP contribution in [0.1, 0.15) is 29.2 Å². The van der Waals surface area contributed by atoms with Gasteiger partial charge < -0.3 is 35.1 Å². The van der Waals surface area contributed by atoms with E-state index in [1.807, 2.05) is 109 Å². The Morgan fingerprint density at radius 2 is 1.25 bits per heavy atom. The van der Waals surface area contributed by atoms with Crippen molar-refractivity contribution < 1.29 is 33.6 Å². The Bertz CT molecular complexity index is 1430. The van der Waals surface area contributed by atoms with Crippen LogP contribution < -0.4 is 20.5 Å². The predicted molar refractivity (Wildman–Crippen MR) is 166 cm³/mol. The number of aliphatic hydroxyl groups is 1. The molecule has 0 saturated carbocycles. The summed E-state index contributed by atoms with van der Waals surface area (Å²) in [6.07, 6.45) is -2.49. The molecule has 0 radical (unpaired) electrons. The number of amides is 1. The van der Waals surface area contributed by atoms with Gasteiger partial charge in [0.1, 0.15) is 29.8 Å². The van der Waals surface area contributed by atoms with E-state index in [2.05, 4.69) is 5.32 Å². The summed E-state index contributed by atoms with van der Waals surface area (Å²) < 4.78 is 23.0. The number of nitrogens with one attached hydrogen (secondary N) is 1. The van der Waals surface area contributed by atoms with E-state index in [0.717, 1.165) is 22.3 Å². The number of Topliss-reactive ketones (excluding diaryl/α,β-unsaturated/α-hetero) is 1. The number of ketones is 1. The van der Waals surface area contributed by atoms with Gasteiger partial charge in [0.05, 0.1) is 32.9 Å². The first-order valence-corrected chi connectivity index (χ1v) is 14.2. The van der Waals surface area contributed by atoms with Gasteiger partial charge in [-0.3, -0.25) is 4.79 Å². The zero-order chi connectivity index (χ0) is 31.5. The van der Waals surface area contributed by atoms with Crippen LogP contribution >= 0.6 is 0 Å². The van der Waals surface area contributed by atoms with Crippen LogP contribution in [0, 0.1) is 0 Å². The average Bonchev–Trinajstić information content (AvgIpc) is 3.07. The van der Waals surface area contributed by atoms with Gasteiger partial charge in [0.15, 0.2) is 5.78 Å². The topological polar surface area (TPSA) is 129 Å². The number of carbonyl (C=O) groups excluding carboxylic acids is 2. The first kappa shape index (κ1) is 32.2. The number of hydrogen-bond acceptors (Lipinski definition) is 8. The van der Waals surface area contributed by atoms with Crippen LogP contribution in [0.25, 0.3) is 0 Å². The molecule has 4 N–H and O–H groups in total. The largest absolute Gasteiger partial charge is 0.497 e. The van der Waals surface area contributed by atoms with Crippen LogP contribution in [-0.2, 0) is 26.5 Å². The first-order valence-electron chi connectivity index (χ1n) is 14.2. The average molecular weight is 599 g/mol. The smallest absolute Gasteiger partial charge is 0.407 e. The van der Waals surface area contributed by atoms with E-state index >= 15 is 0 Å². The quantitative estimate of drug-likeness (QED) is 0.180. The van der Waals surface area contributed by atoms with Crippen molar-refractivity contribution in [1.29, 1.82) is 0 Å². The monoisotopic (exact) mass is 598 g/mol. The molecule has 9 heteroatoms. The van der Waals surface area contributed by atoms with Gasteiger partial charge in [-0.2, -0.15) is 0 Å². The summed E-state index contributed by atoms with van der Waals surface area (Å²) in [4.78, 5) is 25.8. The molecule has 44 heavy (non-hydrogen) atoms. The van der Waals surface area contributed by atoms with Crippen LogP contribution in [0.4, 0.5) is 4.79 Å². The lowest BCUT2D eigenvalue weighted by Crippen LogP contribution is -2.54. The van der Waals surface area contributed by atoms with Gasteiger partial charge in [-0.05, 0) is 53.4 Å². The molecule has 0 spiro atoms. The highest BCUT2D eigenvalue weighted by molar-refractivity contribution is 5.88. The Morgan fingerprint density at radius 3 is 1.73 bits per heavy atom. The van der Waals surface area contributed by atoms with Crippen molar-refractivity contribution in [3.05, 3.63) is 131 Å². The van der Waals surface area contributed by atoms with Crippen molar-refractivity contribution in [2.75, 3.05) is 20.8 Å². The summed E-state index contributed by atoms with van der Waals surface area (Å²) >= 11 is 0. The molecule has 0 aliphatic rings. The zero-order valence-corrected chi connectivity index (χ0v) is 25.0. The highest BCUT2D eigenvalue weighted by Crippen LogP contribution is 2.41. The summed E-state index contributed by atoms with van der Waals surface area (Å²) in [5, 5.41) is 13.7. The fourth-order valence-corrected chi connectivity index (χ4v) is 4.88. The Morgan fingerprint density at radius 1 is 0.773 bits per heavy atom. The maximum absolute atomic E-state index is 12.9. The molecule has 3 atom stereocenters. The van der Waals surface area contributed by atoms with E-state index < -0.39 is 35.7 Å². The van der Waals surface area contributed by atoms with Crippen molar-refractivity contribution in [2.45, 2.75) is 37.3 Å². The van der Waals surface area contributed by atoms with Crippen LogP contribution in [0.15, 0.2) is 109 Å². The number of carbonyl (C=O) groups is 2. The van der Waals surface area contributed by atoms with Crippen molar-refractivity contribution in [2.24, 2.45) is 5.73 Å². The van der Waals surface area contributed by atoms with Gasteiger partial charge in [0, 0.05) is 0 Å². The molecular formula is C35H38N2O7. The van der Waals surface area contributed by atoms with Crippen LogP contribution in [0.5, 0.6) is 11.5 Å². The molecule has 0 bridgehead atoms. The number of ether oxygens (including phenoxy) is 4. The molecule has 230 valence electrons. The lowest BCUT2D eigenvalue weighted by Gasteiger charge is -2.38. The maximum Gasteiger partial charge on any atom is 0.407 e.